The Morgan fingerprint density at radius 3 is 2.19 bits per heavy atom. The summed E-state index contributed by atoms with van der Waals surface area (Å²) in [5.74, 6) is 0. The summed E-state index contributed by atoms with van der Waals surface area (Å²) in [7, 11) is -0.420. The average Bonchev–Trinajstić information content (AvgIpc) is 3.27. The highest BCUT2D eigenvalue weighted by molar-refractivity contribution is 6.62. The third-order valence-electron chi connectivity index (χ3n) is 6.91. The van der Waals surface area contributed by atoms with Gasteiger partial charge in [-0.1, -0.05) is 60.7 Å². The summed E-state index contributed by atoms with van der Waals surface area (Å²) in [4.78, 5) is 4.96. The molecule has 32 heavy (non-hydrogen) atoms. The van der Waals surface area contributed by atoms with E-state index < -0.39 is 7.12 Å². The Bertz CT molecular complexity index is 1470. The van der Waals surface area contributed by atoms with Crippen molar-refractivity contribution in [2.45, 2.75) is 38.9 Å². The Morgan fingerprint density at radius 1 is 0.750 bits per heavy atom. The predicted octanol–water partition coefficient (Wildman–Crippen LogP) is 6.10. The Morgan fingerprint density at radius 2 is 1.44 bits per heavy atom. The summed E-state index contributed by atoms with van der Waals surface area (Å²) in [5, 5.41) is 3.19. The second-order valence-corrected chi connectivity index (χ2v) is 9.49. The molecule has 0 saturated carbocycles. The van der Waals surface area contributed by atoms with Crippen LogP contribution in [0.25, 0.3) is 44.1 Å². The van der Waals surface area contributed by atoms with Gasteiger partial charge in [-0.2, -0.15) is 0 Å². The van der Waals surface area contributed by atoms with Crippen LogP contribution in [-0.2, 0) is 9.31 Å². The lowest BCUT2D eigenvalue weighted by atomic mass is 9.78. The van der Waals surface area contributed by atoms with Crippen LogP contribution in [0.15, 0.2) is 77.2 Å². The van der Waals surface area contributed by atoms with Gasteiger partial charge >= 0.3 is 7.12 Å². The van der Waals surface area contributed by atoms with Gasteiger partial charge < -0.3 is 13.7 Å². The van der Waals surface area contributed by atoms with Crippen molar-refractivity contribution in [2.24, 2.45) is 0 Å². The molecule has 0 aliphatic carbocycles. The number of nitrogens with zero attached hydrogens (tertiary/aromatic N) is 1. The van der Waals surface area contributed by atoms with Gasteiger partial charge in [-0.3, -0.25) is 0 Å². The zero-order valence-corrected chi connectivity index (χ0v) is 18.7. The van der Waals surface area contributed by atoms with Crippen molar-refractivity contribution >= 4 is 45.4 Å². The highest BCUT2D eigenvalue weighted by atomic mass is 16.7. The first-order valence-corrected chi connectivity index (χ1v) is 11.0. The smallest absolute Gasteiger partial charge is 0.454 e. The van der Waals surface area contributed by atoms with Crippen molar-refractivity contribution in [3.63, 3.8) is 0 Å². The molecule has 6 rings (SSSR count). The van der Waals surface area contributed by atoms with Crippen molar-refractivity contribution in [2.75, 3.05) is 0 Å². The number of furan rings is 1. The van der Waals surface area contributed by atoms with Crippen LogP contribution >= 0.6 is 0 Å². The molecular weight excluding hydrogens is 397 g/mol. The Balaban J connectivity index is 1.62. The number of fused-ring (bicyclic) bond motifs is 5. The predicted molar refractivity (Wildman–Crippen MR) is 130 cm³/mol. The van der Waals surface area contributed by atoms with Crippen LogP contribution in [0.3, 0.4) is 0 Å². The fourth-order valence-corrected chi connectivity index (χ4v) is 4.42. The summed E-state index contributed by atoms with van der Waals surface area (Å²) >= 11 is 0. The lowest BCUT2D eigenvalue weighted by Gasteiger charge is -2.32. The van der Waals surface area contributed by atoms with Crippen LogP contribution in [0.1, 0.15) is 27.7 Å². The molecule has 0 amide bonds. The molecule has 0 unspecified atom stereocenters. The molecule has 1 aliphatic rings. The maximum absolute atomic E-state index is 6.40. The standard InChI is InChI=1S/C27H24BNO3/c1-26(2)27(3,4)32-28(31-26)18-14-15-22-20(16-18)23-19-12-8-9-13-21(19)29-24(25(23)30-22)17-10-6-5-7-11-17/h5-16H,1-4H3. The second kappa shape index (κ2) is 6.68. The summed E-state index contributed by atoms with van der Waals surface area (Å²) in [6.45, 7) is 8.29. The number of hydrogen-bond acceptors (Lipinski definition) is 4. The molecule has 0 N–H and O–H groups in total. The summed E-state index contributed by atoms with van der Waals surface area (Å²) in [5.41, 5.74) is 4.68. The van der Waals surface area contributed by atoms with E-state index in [1.807, 2.05) is 42.5 Å². The number of benzene rings is 3. The second-order valence-electron chi connectivity index (χ2n) is 9.49. The van der Waals surface area contributed by atoms with Gasteiger partial charge in [0.2, 0.25) is 0 Å². The largest absolute Gasteiger partial charge is 0.494 e. The van der Waals surface area contributed by atoms with Crippen molar-refractivity contribution in [1.82, 2.24) is 4.98 Å². The monoisotopic (exact) mass is 421 g/mol. The Kier molecular flexibility index (Phi) is 4.08. The Labute approximate surface area is 187 Å². The quantitative estimate of drug-likeness (QED) is 0.323. The van der Waals surface area contributed by atoms with E-state index >= 15 is 0 Å². The highest BCUT2D eigenvalue weighted by Gasteiger charge is 2.51. The molecule has 1 saturated heterocycles. The molecule has 4 nitrogen and oxygen atoms in total. The number of aromatic nitrogens is 1. The van der Waals surface area contributed by atoms with Gasteiger partial charge in [-0.05, 0) is 45.3 Å². The van der Waals surface area contributed by atoms with E-state index in [0.29, 0.717) is 0 Å². The normalized spacial score (nSPS) is 17.6. The molecule has 158 valence electrons. The van der Waals surface area contributed by atoms with E-state index in [0.717, 1.165) is 49.6 Å². The van der Waals surface area contributed by atoms with Crippen molar-refractivity contribution < 1.29 is 13.7 Å². The van der Waals surface area contributed by atoms with Gasteiger partial charge in [0.05, 0.1) is 16.7 Å². The van der Waals surface area contributed by atoms with E-state index in [-0.39, 0.29) is 11.2 Å². The van der Waals surface area contributed by atoms with E-state index in [4.69, 9.17) is 18.7 Å². The molecule has 0 bridgehead atoms. The molecule has 3 aromatic carbocycles. The Hall–Kier alpha value is -3.15. The summed E-state index contributed by atoms with van der Waals surface area (Å²) < 4.78 is 19.0. The van der Waals surface area contributed by atoms with Crippen molar-refractivity contribution in [3.8, 4) is 11.3 Å². The third kappa shape index (κ3) is 2.82. The number of pyridine rings is 1. The van der Waals surface area contributed by atoms with E-state index in [1.54, 1.807) is 0 Å². The van der Waals surface area contributed by atoms with Crippen molar-refractivity contribution in [3.05, 3.63) is 72.8 Å². The minimum absolute atomic E-state index is 0.387. The van der Waals surface area contributed by atoms with E-state index in [1.165, 1.54) is 0 Å². The zero-order chi connectivity index (χ0) is 22.1. The lowest BCUT2D eigenvalue weighted by molar-refractivity contribution is 0.00578. The molecule has 0 atom stereocenters. The van der Waals surface area contributed by atoms with Gasteiger partial charge in [-0.15, -0.1) is 0 Å². The first kappa shape index (κ1) is 19.5. The zero-order valence-electron chi connectivity index (χ0n) is 18.7. The van der Waals surface area contributed by atoms with Crippen LogP contribution in [0, 0.1) is 0 Å². The molecule has 3 heterocycles. The van der Waals surface area contributed by atoms with Gasteiger partial charge in [0, 0.05) is 21.7 Å². The minimum Gasteiger partial charge on any atom is -0.454 e. The summed E-state index contributed by atoms with van der Waals surface area (Å²) in [6, 6.07) is 24.6. The van der Waals surface area contributed by atoms with Crippen LogP contribution < -0.4 is 5.46 Å². The van der Waals surface area contributed by atoms with E-state index in [2.05, 4.69) is 58.0 Å². The molecule has 1 aliphatic heterocycles. The molecule has 1 fully saturated rings. The summed E-state index contributed by atoms with van der Waals surface area (Å²) in [6.07, 6.45) is 0. The third-order valence-corrected chi connectivity index (χ3v) is 6.91. The van der Waals surface area contributed by atoms with Crippen LogP contribution in [0.5, 0.6) is 0 Å². The minimum atomic E-state index is -0.420. The van der Waals surface area contributed by atoms with Crippen LogP contribution in [-0.4, -0.2) is 23.3 Å². The molecular formula is C27H24BNO3. The fraction of sp³-hybridized carbons (Fsp3) is 0.222. The first-order valence-electron chi connectivity index (χ1n) is 11.0. The number of hydrogen-bond donors (Lipinski definition) is 0. The maximum Gasteiger partial charge on any atom is 0.494 e. The molecule has 5 aromatic rings. The van der Waals surface area contributed by atoms with E-state index in [9.17, 15) is 0 Å². The molecule has 0 radical (unpaired) electrons. The number of para-hydroxylation sites is 1. The lowest BCUT2D eigenvalue weighted by Crippen LogP contribution is -2.41. The molecule has 2 aromatic heterocycles. The van der Waals surface area contributed by atoms with Gasteiger partial charge in [0.1, 0.15) is 11.3 Å². The average molecular weight is 421 g/mol. The van der Waals surface area contributed by atoms with Gasteiger partial charge in [0.25, 0.3) is 0 Å². The SMILES string of the molecule is CC1(C)OB(c2ccc3oc4c(-c5ccccc5)nc5ccccc5c4c3c2)OC1(C)C. The number of rotatable bonds is 2. The van der Waals surface area contributed by atoms with Crippen molar-refractivity contribution in [1.29, 1.82) is 0 Å². The molecule has 5 heteroatoms. The molecule has 0 spiro atoms. The van der Waals surface area contributed by atoms with Gasteiger partial charge in [-0.25, -0.2) is 4.98 Å². The maximum atomic E-state index is 6.40. The van der Waals surface area contributed by atoms with Gasteiger partial charge in [0.15, 0.2) is 5.58 Å². The van der Waals surface area contributed by atoms with Crippen LogP contribution in [0.4, 0.5) is 0 Å². The van der Waals surface area contributed by atoms with Crippen LogP contribution in [0.2, 0.25) is 0 Å². The fourth-order valence-electron chi connectivity index (χ4n) is 4.42. The first-order chi connectivity index (χ1) is 15.3. The topological polar surface area (TPSA) is 44.5 Å². The highest BCUT2D eigenvalue weighted by Crippen LogP contribution is 2.40.